The van der Waals surface area contributed by atoms with Crippen molar-refractivity contribution in [2.45, 2.75) is 13.2 Å². The van der Waals surface area contributed by atoms with E-state index in [9.17, 15) is 4.79 Å². The van der Waals surface area contributed by atoms with Gasteiger partial charge >= 0.3 is 0 Å². The van der Waals surface area contributed by atoms with Gasteiger partial charge in [0.1, 0.15) is 12.4 Å². The van der Waals surface area contributed by atoms with Crippen molar-refractivity contribution in [3.63, 3.8) is 0 Å². The van der Waals surface area contributed by atoms with Gasteiger partial charge in [0, 0.05) is 48.2 Å². The first-order chi connectivity index (χ1) is 13.7. The first-order valence-electron chi connectivity index (χ1n) is 9.17. The van der Waals surface area contributed by atoms with Crippen LogP contribution in [0, 0.1) is 0 Å². The Bertz CT molecular complexity index is 901. The van der Waals surface area contributed by atoms with E-state index in [-0.39, 0.29) is 5.91 Å². The SMILES string of the molecule is O=C(c1cc(COc2ccc(Cl)cc2)cs1)N1CCN(Cc2cccs2)CC1. The van der Waals surface area contributed by atoms with E-state index in [0.29, 0.717) is 11.6 Å². The number of piperazine rings is 1. The van der Waals surface area contributed by atoms with Crippen LogP contribution in [-0.4, -0.2) is 41.9 Å². The number of hydrogen-bond donors (Lipinski definition) is 0. The molecule has 4 nitrogen and oxygen atoms in total. The van der Waals surface area contributed by atoms with E-state index in [4.69, 9.17) is 16.3 Å². The molecule has 28 heavy (non-hydrogen) atoms. The van der Waals surface area contributed by atoms with E-state index in [0.717, 1.165) is 48.9 Å². The van der Waals surface area contributed by atoms with Crippen LogP contribution >= 0.6 is 34.3 Å². The lowest BCUT2D eigenvalue weighted by molar-refractivity contribution is 0.0634. The highest BCUT2D eigenvalue weighted by atomic mass is 35.5. The van der Waals surface area contributed by atoms with Gasteiger partial charge in [-0.3, -0.25) is 9.69 Å². The quantitative estimate of drug-likeness (QED) is 0.549. The van der Waals surface area contributed by atoms with Crippen LogP contribution < -0.4 is 4.74 Å². The molecule has 1 saturated heterocycles. The number of amides is 1. The van der Waals surface area contributed by atoms with Crippen LogP contribution in [-0.2, 0) is 13.2 Å². The van der Waals surface area contributed by atoms with Gasteiger partial charge < -0.3 is 9.64 Å². The number of hydrogen-bond acceptors (Lipinski definition) is 5. The van der Waals surface area contributed by atoms with Crippen molar-refractivity contribution >= 4 is 40.2 Å². The molecule has 0 spiro atoms. The lowest BCUT2D eigenvalue weighted by Gasteiger charge is -2.34. The molecule has 0 atom stereocenters. The molecule has 0 N–H and O–H groups in total. The predicted octanol–water partition coefficient (Wildman–Crippen LogP) is 5.00. The molecule has 2 aromatic heterocycles. The third-order valence-electron chi connectivity index (χ3n) is 4.70. The van der Waals surface area contributed by atoms with Gasteiger partial charge in [0.15, 0.2) is 0 Å². The molecule has 146 valence electrons. The monoisotopic (exact) mass is 432 g/mol. The molecule has 4 rings (SSSR count). The summed E-state index contributed by atoms with van der Waals surface area (Å²) in [6.45, 7) is 4.81. The highest BCUT2D eigenvalue weighted by molar-refractivity contribution is 7.12. The molecular formula is C21H21ClN2O2S2. The number of ether oxygens (including phenoxy) is 1. The summed E-state index contributed by atoms with van der Waals surface area (Å²) in [6, 6.07) is 13.5. The molecule has 3 heterocycles. The molecule has 1 aliphatic rings. The Balaban J connectivity index is 1.27. The van der Waals surface area contributed by atoms with E-state index in [1.165, 1.54) is 16.2 Å². The lowest BCUT2D eigenvalue weighted by Crippen LogP contribution is -2.48. The van der Waals surface area contributed by atoms with Crippen LogP contribution in [0.5, 0.6) is 5.75 Å². The summed E-state index contributed by atoms with van der Waals surface area (Å²) >= 11 is 9.16. The number of nitrogens with zero attached hydrogens (tertiary/aromatic N) is 2. The van der Waals surface area contributed by atoms with Crippen molar-refractivity contribution < 1.29 is 9.53 Å². The number of rotatable bonds is 6. The van der Waals surface area contributed by atoms with Crippen LogP contribution in [0.25, 0.3) is 0 Å². The molecule has 0 aliphatic carbocycles. The summed E-state index contributed by atoms with van der Waals surface area (Å²) in [7, 11) is 0. The number of halogens is 1. The van der Waals surface area contributed by atoms with E-state index >= 15 is 0 Å². The van der Waals surface area contributed by atoms with Crippen LogP contribution in [0.15, 0.2) is 53.2 Å². The van der Waals surface area contributed by atoms with Crippen molar-refractivity contribution in [1.29, 1.82) is 0 Å². The maximum Gasteiger partial charge on any atom is 0.264 e. The van der Waals surface area contributed by atoms with Gasteiger partial charge in [-0.05, 0) is 47.2 Å². The van der Waals surface area contributed by atoms with Crippen molar-refractivity contribution in [3.05, 3.63) is 73.6 Å². The third-order valence-corrected chi connectivity index (χ3v) is 6.78. The van der Waals surface area contributed by atoms with E-state index in [2.05, 4.69) is 22.4 Å². The second kappa shape index (κ2) is 9.09. The molecule has 1 fully saturated rings. The van der Waals surface area contributed by atoms with Crippen molar-refractivity contribution in [2.75, 3.05) is 26.2 Å². The summed E-state index contributed by atoms with van der Waals surface area (Å²) in [5.41, 5.74) is 1.01. The fourth-order valence-corrected chi connectivity index (χ4v) is 4.88. The van der Waals surface area contributed by atoms with E-state index < -0.39 is 0 Å². The molecule has 0 radical (unpaired) electrons. The molecule has 0 unspecified atom stereocenters. The summed E-state index contributed by atoms with van der Waals surface area (Å²) in [4.78, 5) is 19.3. The Morgan fingerprint density at radius 3 is 2.57 bits per heavy atom. The minimum atomic E-state index is 0.124. The number of thiophene rings is 2. The van der Waals surface area contributed by atoms with Crippen molar-refractivity contribution in [2.24, 2.45) is 0 Å². The Hall–Kier alpha value is -1.86. The Labute approximate surface area is 177 Å². The standard InChI is InChI=1S/C21H21ClN2O2S2/c22-17-3-5-18(6-4-17)26-14-16-12-20(28-15-16)21(25)24-9-7-23(8-10-24)13-19-2-1-11-27-19/h1-6,11-12,15H,7-10,13-14H2. The smallest absolute Gasteiger partial charge is 0.264 e. The molecular weight excluding hydrogens is 412 g/mol. The maximum absolute atomic E-state index is 12.8. The molecule has 1 aromatic carbocycles. The average Bonchev–Trinajstić information content (AvgIpc) is 3.40. The van der Waals surface area contributed by atoms with E-state index in [1.54, 1.807) is 23.5 Å². The first kappa shape index (κ1) is 19.5. The highest BCUT2D eigenvalue weighted by Gasteiger charge is 2.23. The van der Waals surface area contributed by atoms with Crippen molar-refractivity contribution in [1.82, 2.24) is 9.80 Å². The Morgan fingerprint density at radius 2 is 1.86 bits per heavy atom. The number of carbonyl (C=O) groups is 1. The van der Waals surface area contributed by atoms with Gasteiger partial charge in [-0.25, -0.2) is 0 Å². The predicted molar refractivity (Wildman–Crippen MR) is 116 cm³/mol. The van der Waals surface area contributed by atoms with Crippen LogP contribution in [0.1, 0.15) is 20.1 Å². The largest absolute Gasteiger partial charge is 0.489 e. The van der Waals surface area contributed by atoms with Gasteiger partial charge in [0.05, 0.1) is 4.88 Å². The van der Waals surface area contributed by atoms with Crippen LogP contribution in [0.3, 0.4) is 0 Å². The molecule has 3 aromatic rings. The summed E-state index contributed by atoms with van der Waals surface area (Å²) in [5, 5.41) is 4.79. The third kappa shape index (κ3) is 4.94. The van der Waals surface area contributed by atoms with Crippen LogP contribution in [0.4, 0.5) is 0 Å². The average molecular weight is 433 g/mol. The normalized spacial score (nSPS) is 15.0. The lowest BCUT2D eigenvalue weighted by atomic mass is 10.2. The van der Waals surface area contributed by atoms with Gasteiger partial charge in [-0.2, -0.15) is 0 Å². The van der Waals surface area contributed by atoms with Gasteiger partial charge in [-0.1, -0.05) is 17.7 Å². The van der Waals surface area contributed by atoms with Gasteiger partial charge in [0.25, 0.3) is 5.91 Å². The Kier molecular flexibility index (Phi) is 6.32. The molecule has 0 saturated carbocycles. The second-order valence-corrected chi connectivity index (χ2v) is 9.09. The molecule has 1 amide bonds. The highest BCUT2D eigenvalue weighted by Crippen LogP contribution is 2.22. The zero-order valence-electron chi connectivity index (χ0n) is 15.3. The number of benzene rings is 1. The second-order valence-electron chi connectivity index (χ2n) is 6.71. The van der Waals surface area contributed by atoms with Crippen molar-refractivity contribution in [3.8, 4) is 5.75 Å². The zero-order chi connectivity index (χ0) is 19.3. The minimum absolute atomic E-state index is 0.124. The maximum atomic E-state index is 12.8. The molecule has 0 bridgehead atoms. The summed E-state index contributed by atoms with van der Waals surface area (Å²) in [6.07, 6.45) is 0. The first-order valence-corrected chi connectivity index (χ1v) is 11.3. The zero-order valence-corrected chi connectivity index (χ0v) is 17.7. The molecule has 7 heteroatoms. The summed E-state index contributed by atoms with van der Waals surface area (Å²) < 4.78 is 5.77. The fraction of sp³-hybridized carbons (Fsp3) is 0.286. The summed E-state index contributed by atoms with van der Waals surface area (Å²) in [5.74, 6) is 0.892. The van der Waals surface area contributed by atoms with Gasteiger partial charge in [0.2, 0.25) is 0 Å². The van der Waals surface area contributed by atoms with Gasteiger partial charge in [-0.15, -0.1) is 22.7 Å². The minimum Gasteiger partial charge on any atom is -0.489 e. The topological polar surface area (TPSA) is 32.8 Å². The molecule has 1 aliphatic heterocycles. The number of carbonyl (C=O) groups excluding carboxylic acids is 1. The fourth-order valence-electron chi connectivity index (χ4n) is 3.15. The Morgan fingerprint density at radius 1 is 1.07 bits per heavy atom. The van der Waals surface area contributed by atoms with E-state index in [1.807, 2.05) is 28.5 Å². The van der Waals surface area contributed by atoms with Crippen LogP contribution in [0.2, 0.25) is 5.02 Å².